The van der Waals surface area contributed by atoms with Crippen LogP contribution in [0.25, 0.3) is 33.1 Å². The molecular formula is C16H14N4. The molecule has 4 aromatic rings. The molecule has 0 aliphatic carbocycles. The van der Waals surface area contributed by atoms with Gasteiger partial charge in [-0.25, -0.2) is 9.97 Å². The van der Waals surface area contributed by atoms with E-state index in [0.717, 1.165) is 38.8 Å². The lowest BCUT2D eigenvalue weighted by Gasteiger charge is -2.11. The second-order valence-corrected chi connectivity index (χ2v) is 5.16. The van der Waals surface area contributed by atoms with Crippen LogP contribution in [0.1, 0.15) is 0 Å². The minimum absolute atomic E-state index is 0.842. The second kappa shape index (κ2) is 3.93. The van der Waals surface area contributed by atoms with Crippen LogP contribution >= 0.6 is 0 Å². The number of para-hydroxylation sites is 2. The normalized spacial score (nSPS) is 11.5. The van der Waals surface area contributed by atoms with Gasteiger partial charge in [0.25, 0.3) is 0 Å². The van der Waals surface area contributed by atoms with Crippen LogP contribution in [0.15, 0.2) is 42.5 Å². The molecule has 0 aliphatic heterocycles. The minimum Gasteiger partial charge on any atom is -0.378 e. The van der Waals surface area contributed by atoms with Crippen molar-refractivity contribution in [1.29, 1.82) is 0 Å². The quantitative estimate of drug-likeness (QED) is 0.572. The first kappa shape index (κ1) is 11.2. The minimum atomic E-state index is 0.842. The molecule has 0 fully saturated rings. The number of rotatable bonds is 1. The molecule has 2 aromatic heterocycles. The van der Waals surface area contributed by atoms with Gasteiger partial charge in [-0.05, 0) is 30.3 Å². The summed E-state index contributed by atoms with van der Waals surface area (Å²) in [7, 11) is 4.08. The number of nitrogens with one attached hydrogen (secondary N) is 1. The number of fused-ring (bicyclic) bond motifs is 4. The third-order valence-electron chi connectivity index (χ3n) is 3.60. The van der Waals surface area contributed by atoms with Crippen molar-refractivity contribution >= 4 is 38.8 Å². The van der Waals surface area contributed by atoms with E-state index < -0.39 is 0 Å². The number of nitrogens with zero attached hydrogens (tertiary/aromatic N) is 3. The molecule has 0 radical (unpaired) electrons. The maximum atomic E-state index is 4.75. The van der Waals surface area contributed by atoms with Gasteiger partial charge in [-0.2, -0.15) is 0 Å². The molecule has 2 aromatic carbocycles. The van der Waals surface area contributed by atoms with Crippen LogP contribution in [0.4, 0.5) is 5.69 Å². The lowest BCUT2D eigenvalue weighted by molar-refractivity contribution is 1.14. The lowest BCUT2D eigenvalue weighted by atomic mass is 10.2. The third-order valence-corrected chi connectivity index (χ3v) is 3.60. The van der Waals surface area contributed by atoms with E-state index in [1.165, 1.54) is 0 Å². The zero-order valence-corrected chi connectivity index (χ0v) is 11.4. The van der Waals surface area contributed by atoms with Crippen molar-refractivity contribution in [1.82, 2.24) is 15.0 Å². The predicted molar refractivity (Wildman–Crippen MR) is 83.2 cm³/mol. The van der Waals surface area contributed by atoms with Gasteiger partial charge < -0.3 is 9.88 Å². The van der Waals surface area contributed by atoms with E-state index in [4.69, 9.17) is 4.98 Å². The van der Waals surface area contributed by atoms with Gasteiger partial charge in [0.2, 0.25) is 0 Å². The van der Waals surface area contributed by atoms with Gasteiger partial charge in [0.05, 0.1) is 11.0 Å². The van der Waals surface area contributed by atoms with Crippen LogP contribution in [0, 0.1) is 0 Å². The smallest absolute Gasteiger partial charge is 0.157 e. The molecule has 0 aliphatic rings. The van der Waals surface area contributed by atoms with E-state index in [-0.39, 0.29) is 0 Å². The highest BCUT2D eigenvalue weighted by Gasteiger charge is 2.09. The zero-order chi connectivity index (χ0) is 13.7. The van der Waals surface area contributed by atoms with Gasteiger partial charge in [-0.15, -0.1) is 0 Å². The van der Waals surface area contributed by atoms with Crippen LogP contribution < -0.4 is 4.90 Å². The molecule has 0 atom stereocenters. The summed E-state index contributed by atoms with van der Waals surface area (Å²) in [6, 6.07) is 14.3. The highest BCUT2D eigenvalue weighted by atomic mass is 15.1. The van der Waals surface area contributed by atoms with Crippen molar-refractivity contribution in [3.63, 3.8) is 0 Å². The Kier molecular flexibility index (Phi) is 2.21. The van der Waals surface area contributed by atoms with Crippen molar-refractivity contribution in [3.05, 3.63) is 42.5 Å². The maximum Gasteiger partial charge on any atom is 0.157 e. The van der Waals surface area contributed by atoms with E-state index in [9.17, 15) is 0 Å². The monoisotopic (exact) mass is 262 g/mol. The maximum absolute atomic E-state index is 4.75. The first-order chi connectivity index (χ1) is 9.72. The standard InChI is InChI=1S/C16H14N4/c1-20(2)10-7-8-12-11(9-10)15-16(18-12)19-14-6-4-3-5-13(14)17-15/h3-9H,1-2H3,(H,18,19). The zero-order valence-electron chi connectivity index (χ0n) is 11.4. The molecule has 2 heterocycles. The summed E-state index contributed by atoms with van der Waals surface area (Å²) in [5.74, 6) is 0. The van der Waals surface area contributed by atoms with Crippen molar-refractivity contribution < 1.29 is 0 Å². The molecule has 1 N–H and O–H groups in total. The van der Waals surface area contributed by atoms with Gasteiger partial charge in [-0.1, -0.05) is 12.1 Å². The number of benzene rings is 2. The molecule has 4 rings (SSSR count). The van der Waals surface area contributed by atoms with E-state index >= 15 is 0 Å². The van der Waals surface area contributed by atoms with Gasteiger partial charge >= 0.3 is 0 Å². The van der Waals surface area contributed by atoms with Gasteiger partial charge in [0.15, 0.2) is 5.65 Å². The first-order valence-corrected chi connectivity index (χ1v) is 6.58. The van der Waals surface area contributed by atoms with Crippen molar-refractivity contribution in [2.24, 2.45) is 0 Å². The summed E-state index contributed by atoms with van der Waals surface area (Å²) in [4.78, 5) is 14.8. The van der Waals surface area contributed by atoms with Crippen LogP contribution in [0.2, 0.25) is 0 Å². The molecule has 0 unspecified atom stereocenters. The van der Waals surface area contributed by atoms with Gasteiger partial charge in [0.1, 0.15) is 5.52 Å². The fourth-order valence-corrected chi connectivity index (χ4v) is 2.52. The summed E-state index contributed by atoms with van der Waals surface area (Å²) < 4.78 is 0. The number of aromatic nitrogens is 3. The predicted octanol–water partition coefficient (Wildman–Crippen LogP) is 3.33. The molecule has 0 saturated carbocycles. The summed E-state index contributed by atoms with van der Waals surface area (Å²) in [6.07, 6.45) is 0. The van der Waals surface area contributed by atoms with Gasteiger partial charge in [0, 0.05) is 30.7 Å². The highest BCUT2D eigenvalue weighted by Crippen LogP contribution is 2.27. The SMILES string of the molecule is CN(C)c1ccc2[nH]c3nc4ccccc4nc3c2c1. The van der Waals surface area contributed by atoms with Crippen molar-refractivity contribution in [2.75, 3.05) is 19.0 Å². The lowest BCUT2D eigenvalue weighted by Crippen LogP contribution is -2.07. The Bertz CT molecular complexity index is 937. The van der Waals surface area contributed by atoms with E-state index in [1.807, 2.05) is 38.4 Å². The molecule has 0 amide bonds. The highest BCUT2D eigenvalue weighted by molar-refractivity contribution is 6.06. The largest absolute Gasteiger partial charge is 0.378 e. The Morgan fingerprint density at radius 2 is 1.70 bits per heavy atom. The number of H-pyrrole nitrogens is 1. The summed E-state index contributed by atoms with van der Waals surface area (Å²) in [5, 5.41) is 1.12. The van der Waals surface area contributed by atoms with E-state index in [1.54, 1.807) is 0 Å². The average Bonchev–Trinajstić information content (AvgIpc) is 2.81. The van der Waals surface area contributed by atoms with E-state index in [2.05, 4.69) is 33.1 Å². The molecule has 4 nitrogen and oxygen atoms in total. The molecule has 0 saturated heterocycles. The van der Waals surface area contributed by atoms with Gasteiger partial charge in [-0.3, -0.25) is 0 Å². The Balaban J connectivity index is 2.13. The fraction of sp³-hybridized carbons (Fsp3) is 0.125. The molecule has 20 heavy (non-hydrogen) atoms. The Morgan fingerprint density at radius 1 is 0.950 bits per heavy atom. The second-order valence-electron chi connectivity index (χ2n) is 5.16. The summed E-state index contributed by atoms with van der Waals surface area (Å²) >= 11 is 0. The average molecular weight is 262 g/mol. The fourth-order valence-electron chi connectivity index (χ4n) is 2.52. The third kappa shape index (κ3) is 1.54. The van der Waals surface area contributed by atoms with Crippen LogP contribution in [0.5, 0.6) is 0 Å². The van der Waals surface area contributed by atoms with Crippen LogP contribution in [0.3, 0.4) is 0 Å². The molecule has 4 heteroatoms. The topological polar surface area (TPSA) is 44.8 Å². The van der Waals surface area contributed by atoms with Crippen LogP contribution in [-0.4, -0.2) is 29.0 Å². The first-order valence-electron chi connectivity index (χ1n) is 6.58. The number of aromatic amines is 1. The Labute approximate surface area is 116 Å². The Morgan fingerprint density at radius 3 is 2.45 bits per heavy atom. The molecular weight excluding hydrogens is 248 g/mol. The molecule has 0 bridgehead atoms. The molecule has 98 valence electrons. The van der Waals surface area contributed by atoms with E-state index in [0.29, 0.717) is 0 Å². The van der Waals surface area contributed by atoms with Crippen LogP contribution in [-0.2, 0) is 0 Å². The molecule has 0 spiro atoms. The van der Waals surface area contributed by atoms with Crippen molar-refractivity contribution in [3.8, 4) is 0 Å². The van der Waals surface area contributed by atoms with Crippen molar-refractivity contribution in [2.45, 2.75) is 0 Å². The Hall–Kier alpha value is -2.62. The number of hydrogen-bond donors (Lipinski definition) is 1. The summed E-state index contributed by atoms with van der Waals surface area (Å²) in [5.41, 5.74) is 5.85. The number of hydrogen-bond acceptors (Lipinski definition) is 3. The number of anilines is 1. The summed E-state index contributed by atoms with van der Waals surface area (Å²) in [6.45, 7) is 0.